The van der Waals surface area contributed by atoms with Crippen LogP contribution >= 0.6 is 0 Å². The lowest BCUT2D eigenvalue weighted by atomic mass is 10.2. The zero-order chi connectivity index (χ0) is 24.3. The van der Waals surface area contributed by atoms with Gasteiger partial charge in [-0.25, -0.2) is 16.8 Å². The molecule has 34 heavy (non-hydrogen) atoms. The van der Waals surface area contributed by atoms with Crippen molar-refractivity contribution < 1.29 is 31.1 Å². The smallest absolute Gasteiger partial charge is 0.255 e. The van der Waals surface area contributed by atoms with E-state index in [2.05, 4.69) is 5.32 Å². The molecular formula is C22H27N3O7S2. The van der Waals surface area contributed by atoms with Crippen molar-refractivity contribution in [3.05, 3.63) is 48.0 Å². The fourth-order valence-corrected chi connectivity index (χ4v) is 7.05. The molecule has 0 bridgehead atoms. The third-order valence-electron chi connectivity index (χ3n) is 5.83. The summed E-state index contributed by atoms with van der Waals surface area (Å²) in [6, 6.07) is 10.1. The molecule has 2 aromatic rings. The number of methoxy groups -OCH3 is 1. The van der Waals surface area contributed by atoms with Crippen LogP contribution in [0.25, 0.3) is 0 Å². The maximum Gasteiger partial charge on any atom is 0.255 e. The second kappa shape index (κ2) is 10.0. The van der Waals surface area contributed by atoms with Crippen LogP contribution in [0.5, 0.6) is 5.75 Å². The number of anilines is 1. The van der Waals surface area contributed by atoms with Crippen LogP contribution in [-0.2, 0) is 24.8 Å². The molecule has 0 unspecified atom stereocenters. The maximum atomic E-state index is 13.1. The normalized spacial score (nSPS) is 18.0. The van der Waals surface area contributed by atoms with E-state index in [0.717, 1.165) is 12.8 Å². The van der Waals surface area contributed by atoms with Gasteiger partial charge in [0.2, 0.25) is 20.0 Å². The summed E-state index contributed by atoms with van der Waals surface area (Å²) >= 11 is 0. The molecule has 184 valence electrons. The molecule has 0 aromatic heterocycles. The minimum atomic E-state index is -3.85. The lowest BCUT2D eigenvalue weighted by Crippen LogP contribution is -2.40. The number of rotatable bonds is 7. The van der Waals surface area contributed by atoms with Crippen molar-refractivity contribution in [2.75, 3.05) is 51.8 Å². The van der Waals surface area contributed by atoms with Gasteiger partial charge in [-0.1, -0.05) is 0 Å². The number of amides is 1. The maximum absolute atomic E-state index is 13.1. The zero-order valence-electron chi connectivity index (χ0n) is 18.8. The van der Waals surface area contributed by atoms with Crippen LogP contribution in [0.2, 0.25) is 0 Å². The number of nitrogens with one attached hydrogen (secondary N) is 1. The molecule has 0 saturated carbocycles. The summed E-state index contributed by atoms with van der Waals surface area (Å²) in [6.07, 6.45) is 1.68. The minimum Gasteiger partial charge on any atom is -0.495 e. The highest BCUT2D eigenvalue weighted by Crippen LogP contribution is 2.30. The Morgan fingerprint density at radius 3 is 2.12 bits per heavy atom. The first-order chi connectivity index (χ1) is 16.2. The molecule has 0 spiro atoms. The van der Waals surface area contributed by atoms with Crippen molar-refractivity contribution in [2.24, 2.45) is 0 Å². The van der Waals surface area contributed by atoms with Crippen LogP contribution in [0.4, 0.5) is 5.69 Å². The molecule has 1 amide bonds. The second-order valence-corrected chi connectivity index (χ2v) is 11.8. The molecule has 2 saturated heterocycles. The monoisotopic (exact) mass is 509 g/mol. The summed E-state index contributed by atoms with van der Waals surface area (Å²) in [4.78, 5) is 12.8. The number of morpholine rings is 1. The van der Waals surface area contributed by atoms with Crippen molar-refractivity contribution in [3.63, 3.8) is 0 Å². The Kier molecular flexibility index (Phi) is 7.24. The van der Waals surface area contributed by atoms with Crippen molar-refractivity contribution in [1.29, 1.82) is 0 Å². The Labute approximate surface area is 199 Å². The Morgan fingerprint density at radius 2 is 1.50 bits per heavy atom. The number of carbonyl (C=O) groups is 1. The Hall–Kier alpha value is -2.51. The topological polar surface area (TPSA) is 122 Å². The average Bonchev–Trinajstić information content (AvgIpc) is 3.41. The SMILES string of the molecule is COc1ccc(NC(=O)c2ccc(S(=O)(=O)N3CCCC3)cc2)cc1S(=O)(=O)N1CCOCC1. The van der Waals surface area contributed by atoms with Gasteiger partial charge in [-0.3, -0.25) is 4.79 Å². The van der Waals surface area contributed by atoms with Gasteiger partial charge in [0.25, 0.3) is 5.91 Å². The molecule has 0 radical (unpaired) electrons. The highest BCUT2D eigenvalue weighted by molar-refractivity contribution is 7.89. The van der Waals surface area contributed by atoms with E-state index in [0.29, 0.717) is 26.3 Å². The third-order valence-corrected chi connectivity index (χ3v) is 9.66. The fraction of sp³-hybridized carbons (Fsp3) is 0.409. The lowest BCUT2D eigenvalue weighted by molar-refractivity contribution is 0.0729. The van der Waals surface area contributed by atoms with Crippen molar-refractivity contribution in [1.82, 2.24) is 8.61 Å². The molecule has 10 nitrogen and oxygen atoms in total. The van der Waals surface area contributed by atoms with Crippen LogP contribution in [-0.4, -0.2) is 77.9 Å². The molecule has 2 aliphatic heterocycles. The standard InChI is InChI=1S/C22H27N3O7S2/c1-31-20-9-6-18(16-21(20)34(29,30)25-12-14-32-15-13-25)23-22(26)17-4-7-19(8-5-17)33(27,28)24-10-2-3-11-24/h4-9,16H,2-3,10-15H2,1H3,(H,23,26). The summed E-state index contributed by atoms with van der Waals surface area (Å²) in [5.41, 5.74) is 0.514. The van der Waals surface area contributed by atoms with Crippen molar-refractivity contribution >= 4 is 31.6 Å². The van der Waals surface area contributed by atoms with Gasteiger partial charge in [0.15, 0.2) is 0 Å². The van der Waals surface area contributed by atoms with E-state index in [9.17, 15) is 21.6 Å². The summed E-state index contributed by atoms with van der Waals surface area (Å²) < 4.78 is 64.9. The predicted octanol–water partition coefficient (Wildman–Crippen LogP) is 1.75. The molecule has 2 aromatic carbocycles. The predicted molar refractivity (Wildman–Crippen MR) is 125 cm³/mol. The molecule has 0 atom stereocenters. The average molecular weight is 510 g/mol. The van der Waals surface area contributed by atoms with E-state index in [1.54, 1.807) is 6.07 Å². The minimum absolute atomic E-state index is 0.0539. The highest BCUT2D eigenvalue weighted by Gasteiger charge is 2.30. The zero-order valence-corrected chi connectivity index (χ0v) is 20.4. The third kappa shape index (κ3) is 4.96. The molecule has 1 N–H and O–H groups in total. The van der Waals surface area contributed by atoms with Gasteiger partial charge in [0, 0.05) is 37.4 Å². The second-order valence-electron chi connectivity index (χ2n) is 7.97. The molecule has 2 aliphatic rings. The summed E-state index contributed by atoms with van der Waals surface area (Å²) in [5, 5.41) is 2.68. The fourth-order valence-electron chi connectivity index (χ4n) is 3.94. The Bertz CT molecular complexity index is 1250. The van der Waals surface area contributed by atoms with Gasteiger partial charge in [-0.2, -0.15) is 8.61 Å². The van der Waals surface area contributed by atoms with E-state index >= 15 is 0 Å². The van der Waals surface area contributed by atoms with Crippen molar-refractivity contribution in [3.8, 4) is 5.75 Å². The summed E-state index contributed by atoms with van der Waals surface area (Å²) in [6.45, 7) is 2.07. The van der Waals surface area contributed by atoms with E-state index < -0.39 is 26.0 Å². The van der Waals surface area contributed by atoms with Crippen LogP contribution in [0, 0.1) is 0 Å². The van der Waals surface area contributed by atoms with Crippen LogP contribution in [0.15, 0.2) is 52.3 Å². The Morgan fingerprint density at radius 1 is 0.882 bits per heavy atom. The molecule has 0 aliphatic carbocycles. The number of sulfonamides is 2. The van der Waals surface area contributed by atoms with E-state index in [1.165, 1.54) is 52.1 Å². The van der Waals surface area contributed by atoms with Crippen LogP contribution < -0.4 is 10.1 Å². The van der Waals surface area contributed by atoms with Gasteiger partial charge in [0.1, 0.15) is 10.6 Å². The number of hydrogen-bond acceptors (Lipinski definition) is 7. The van der Waals surface area contributed by atoms with E-state index in [4.69, 9.17) is 9.47 Å². The number of hydrogen-bond donors (Lipinski definition) is 1. The first-order valence-electron chi connectivity index (χ1n) is 10.9. The van der Waals surface area contributed by atoms with Gasteiger partial charge in [-0.15, -0.1) is 0 Å². The van der Waals surface area contributed by atoms with Gasteiger partial charge >= 0.3 is 0 Å². The van der Waals surface area contributed by atoms with Gasteiger partial charge in [-0.05, 0) is 55.3 Å². The van der Waals surface area contributed by atoms with E-state index in [-0.39, 0.29) is 39.9 Å². The number of benzene rings is 2. The van der Waals surface area contributed by atoms with Crippen LogP contribution in [0.1, 0.15) is 23.2 Å². The van der Waals surface area contributed by atoms with Gasteiger partial charge in [0.05, 0.1) is 25.2 Å². The Balaban J connectivity index is 1.53. The summed E-state index contributed by atoms with van der Waals surface area (Å²) in [5.74, 6) is -0.328. The van der Waals surface area contributed by atoms with Gasteiger partial charge < -0.3 is 14.8 Å². The molecule has 2 fully saturated rings. The van der Waals surface area contributed by atoms with E-state index in [1.807, 2.05) is 0 Å². The lowest BCUT2D eigenvalue weighted by Gasteiger charge is -2.26. The molecule has 12 heteroatoms. The number of carbonyl (C=O) groups excluding carboxylic acids is 1. The quantitative estimate of drug-likeness (QED) is 0.603. The summed E-state index contributed by atoms with van der Waals surface area (Å²) in [7, 11) is -6.05. The molecule has 2 heterocycles. The highest BCUT2D eigenvalue weighted by atomic mass is 32.2. The first-order valence-corrected chi connectivity index (χ1v) is 13.8. The van der Waals surface area contributed by atoms with Crippen molar-refractivity contribution in [2.45, 2.75) is 22.6 Å². The largest absolute Gasteiger partial charge is 0.495 e. The number of ether oxygens (including phenoxy) is 2. The van der Waals surface area contributed by atoms with Crippen LogP contribution in [0.3, 0.4) is 0 Å². The molecular weight excluding hydrogens is 482 g/mol. The number of nitrogens with zero attached hydrogens (tertiary/aromatic N) is 2. The first kappa shape index (κ1) is 24.6. The molecule has 4 rings (SSSR count).